The van der Waals surface area contributed by atoms with Crippen LogP contribution in [0.15, 0.2) is 11.8 Å². The van der Waals surface area contributed by atoms with Gasteiger partial charge in [0.25, 0.3) is 0 Å². The maximum atomic E-state index is 11.4. The summed E-state index contributed by atoms with van der Waals surface area (Å²) in [4.78, 5) is 11.4. The quantitative estimate of drug-likeness (QED) is 0.417. The Labute approximate surface area is 144 Å². The van der Waals surface area contributed by atoms with Gasteiger partial charge in [-0.25, -0.2) is 4.79 Å². The SMILES string of the molecule is C[C@@H]1CC[C@@H]2C(C(=O)O)=CO[C@@H](O[C@H]3O[C@@H](CO)[C@H](O)[C@@H](O)[C@@H]3O)[C@H]12. The lowest BCUT2D eigenvalue weighted by molar-refractivity contribution is -0.342. The Kier molecular flexibility index (Phi) is 5.33. The summed E-state index contributed by atoms with van der Waals surface area (Å²) in [5.41, 5.74) is 0.197. The fraction of sp³-hybridized carbons (Fsp3) is 0.812. The van der Waals surface area contributed by atoms with Crippen LogP contribution in [0.2, 0.25) is 0 Å². The number of hydrogen-bond acceptors (Lipinski definition) is 8. The Hall–Kier alpha value is -1.23. The number of aliphatic carboxylic acids is 1. The zero-order valence-electron chi connectivity index (χ0n) is 13.8. The van der Waals surface area contributed by atoms with E-state index in [0.29, 0.717) is 6.42 Å². The van der Waals surface area contributed by atoms with Gasteiger partial charge in [0.2, 0.25) is 6.29 Å². The van der Waals surface area contributed by atoms with Gasteiger partial charge in [-0.15, -0.1) is 0 Å². The van der Waals surface area contributed by atoms with Crippen molar-refractivity contribution in [3.05, 3.63) is 11.8 Å². The largest absolute Gasteiger partial charge is 0.478 e. The minimum Gasteiger partial charge on any atom is -0.478 e. The molecule has 0 aromatic heterocycles. The monoisotopic (exact) mass is 360 g/mol. The Morgan fingerprint density at radius 3 is 2.56 bits per heavy atom. The molecule has 2 aliphatic heterocycles. The summed E-state index contributed by atoms with van der Waals surface area (Å²) < 4.78 is 16.5. The Balaban J connectivity index is 1.77. The molecule has 2 fully saturated rings. The van der Waals surface area contributed by atoms with Gasteiger partial charge >= 0.3 is 5.97 Å². The second kappa shape index (κ2) is 7.18. The minimum atomic E-state index is -1.54. The van der Waals surface area contributed by atoms with Crippen molar-refractivity contribution in [2.45, 2.75) is 56.8 Å². The van der Waals surface area contributed by atoms with Crippen molar-refractivity contribution in [1.82, 2.24) is 0 Å². The van der Waals surface area contributed by atoms with Crippen molar-refractivity contribution in [3.8, 4) is 0 Å². The van der Waals surface area contributed by atoms with Crippen LogP contribution >= 0.6 is 0 Å². The number of ether oxygens (including phenoxy) is 3. The predicted octanol–water partition coefficient (Wildman–Crippen LogP) is -1.21. The molecule has 0 amide bonds. The molecule has 9 atom stereocenters. The van der Waals surface area contributed by atoms with E-state index in [-0.39, 0.29) is 23.3 Å². The summed E-state index contributed by atoms with van der Waals surface area (Å²) in [5.74, 6) is -1.35. The van der Waals surface area contributed by atoms with Gasteiger partial charge in [0.05, 0.1) is 18.4 Å². The lowest BCUT2D eigenvalue weighted by Crippen LogP contribution is -2.60. The maximum absolute atomic E-state index is 11.4. The van der Waals surface area contributed by atoms with E-state index in [9.17, 15) is 30.3 Å². The number of hydrogen-bond donors (Lipinski definition) is 5. The van der Waals surface area contributed by atoms with Crippen molar-refractivity contribution in [2.24, 2.45) is 17.8 Å². The van der Waals surface area contributed by atoms with Crippen molar-refractivity contribution < 1.29 is 44.5 Å². The van der Waals surface area contributed by atoms with E-state index in [1.54, 1.807) is 0 Å². The second-order valence-electron chi connectivity index (χ2n) is 6.95. The smallest absolute Gasteiger partial charge is 0.334 e. The maximum Gasteiger partial charge on any atom is 0.334 e. The summed E-state index contributed by atoms with van der Waals surface area (Å²) in [5, 5.41) is 48.3. The second-order valence-corrected chi connectivity index (χ2v) is 6.95. The number of fused-ring (bicyclic) bond motifs is 1. The van der Waals surface area contributed by atoms with Crippen LogP contribution in [0.1, 0.15) is 19.8 Å². The molecule has 0 radical (unpaired) electrons. The zero-order valence-corrected chi connectivity index (χ0v) is 13.8. The average molecular weight is 360 g/mol. The first-order chi connectivity index (χ1) is 11.8. The van der Waals surface area contributed by atoms with Crippen LogP contribution in [-0.4, -0.2) is 75.1 Å². The lowest BCUT2D eigenvalue weighted by Gasteiger charge is -2.43. The standard InChI is InChI=1S/C16H24O9/c1-6-2-3-7-8(14(21)22)5-23-15(10(6)7)25-16-13(20)12(19)11(18)9(4-17)24-16/h5-7,9-13,15-20H,2-4H2,1H3,(H,21,22)/t6-,7-,9+,10-,11+,12-,13+,15+,16-/m1/s1. The van der Waals surface area contributed by atoms with Gasteiger partial charge < -0.3 is 39.7 Å². The third-order valence-corrected chi connectivity index (χ3v) is 5.46. The van der Waals surface area contributed by atoms with Crippen LogP contribution < -0.4 is 0 Å². The molecule has 0 spiro atoms. The third kappa shape index (κ3) is 3.27. The molecular weight excluding hydrogens is 336 g/mol. The molecule has 9 heteroatoms. The van der Waals surface area contributed by atoms with Crippen LogP contribution in [0, 0.1) is 17.8 Å². The first-order valence-electron chi connectivity index (χ1n) is 8.40. The lowest BCUT2D eigenvalue weighted by atomic mass is 9.83. The van der Waals surface area contributed by atoms with Crippen molar-refractivity contribution in [3.63, 3.8) is 0 Å². The van der Waals surface area contributed by atoms with Crippen LogP contribution in [-0.2, 0) is 19.0 Å². The highest BCUT2D eigenvalue weighted by atomic mass is 16.8. The highest BCUT2D eigenvalue weighted by molar-refractivity contribution is 5.87. The molecule has 0 aromatic rings. The van der Waals surface area contributed by atoms with Gasteiger partial charge in [-0.3, -0.25) is 0 Å². The van der Waals surface area contributed by atoms with E-state index >= 15 is 0 Å². The Bertz CT molecular complexity index is 534. The fourth-order valence-electron chi connectivity index (χ4n) is 4.01. The molecule has 3 aliphatic rings. The molecule has 1 saturated heterocycles. The molecule has 25 heavy (non-hydrogen) atoms. The molecule has 142 valence electrons. The van der Waals surface area contributed by atoms with Crippen LogP contribution in [0.25, 0.3) is 0 Å². The topological polar surface area (TPSA) is 146 Å². The molecule has 0 bridgehead atoms. The summed E-state index contributed by atoms with van der Waals surface area (Å²) in [7, 11) is 0. The number of carboxylic acids is 1. The van der Waals surface area contributed by atoms with E-state index in [1.165, 1.54) is 0 Å². The normalized spacial score (nSPS) is 46.9. The van der Waals surface area contributed by atoms with Crippen LogP contribution in [0.5, 0.6) is 0 Å². The van der Waals surface area contributed by atoms with Gasteiger partial charge in [-0.2, -0.15) is 0 Å². The highest BCUT2D eigenvalue weighted by Gasteiger charge is 2.50. The first-order valence-corrected chi connectivity index (χ1v) is 8.40. The summed E-state index contributed by atoms with van der Waals surface area (Å²) >= 11 is 0. The van der Waals surface area contributed by atoms with E-state index in [0.717, 1.165) is 12.7 Å². The van der Waals surface area contributed by atoms with Gasteiger partial charge in [-0.1, -0.05) is 6.92 Å². The first kappa shape index (κ1) is 18.6. The van der Waals surface area contributed by atoms with E-state index in [4.69, 9.17) is 14.2 Å². The fourth-order valence-corrected chi connectivity index (χ4v) is 4.01. The summed E-state index contributed by atoms with van der Waals surface area (Å²) in [6.45, 7) is 1.42. The van der Waals surface area contributed by atoms with Gasteiger partial charge in [0.1, 0.15) is 24.4 Å². The molecular formula is C16H24O9. The number of rotatable bonds is 4. The van der Waals surface area contributed by atoms with E-state index in [1.807, 2.05) is 6.92 Å². The van der Waals surface area contributed by atoms with Crippen molar-refractivity contribution in [1.29, 1.82) is 0 Å². The number of aliphatic hydroxyl groups excluding tert-OH is 4. The molecule has 2 heterocycles. The molecule has 3 rings (SSSR count). The number of carboxylic acid groups (broad SMARTS) is 1. The van der Waals surface area contributed by atoms with Crippen LogP contribution in [0.3, 0.4) is 0 Å². The van der Waals surface area contributed by atoms with E-state index in [2.05, 4.69) is 0 Å². The number of aliphatic hydroxyl groups is 4. The van der Waals surface area contributed by atoms with Crippen molar-refractivity contribution in [2.75, 3.05) is 6.61 Å². The summed E-state index contributed by atoms with van der Waals surface area (Å²) in [6, 6.07) is 0. The molecule has 0 aromatic carbocycles. The zero-order chi connectivity index (χ0) is 18.3. The number of carbonyl (C=O) groups is 1. The third-order valence-electron chi connectivity index (χ3n) is 5.46. The Morgan fingerprint density at radius 1 is 1.20 bits per heavy atom. The molecule has 1 saturated carbocycles. The molecule has 5 N–H and O–H groups in total. The molecule has 0 unspecified atom stereocenters. The van der Waals surface area contributed by atoms with Gasteiger partial charge in [0, 0.05) is 11.8 Å². The molecule has 1 aliphatic carbocycles. The predicted molar refractivity (Wildman–Crippen MR) is 80.8 cm³/mol. The average Bonchev–Trinajstić information content (AvgIpc) is 2.97. The van der Waals surface area contributed by atoms with Gasteiger partial charge in [0.15, 0.2) is 6.29 Å². The van der Waals surface area contributed by atoms with Crippen LogP contribution in [0.4, 0.5) is 0 Å². The minimum absolute atomic E-state index is 0.142. The van der Waals surface area contributed by atoms with Gasteiger partial charge in [-0.05, 0) is 18.8 Å². The summed E-state index contributed by atoms with van der Waals surface area (Å²) in [6.07, 6.45) is -5.10. The van der Waals surface area contributed by atoms with E-state index < -0.39 is 49.6 Å². The Morgan fingerprint density at radius 2 is 1.92 bits per heavy atom. The molecule has 9 nitrogen and oxygen atoms in total. The van der Waals surface area contributed by atoms with Crippen molar-refractivity contribution >= 4 is 5.97 Å². The highest BCUT2D eigenvalue weighted by Crippen LogP contribution is 2.47.